The van der Waals surface area contributed by atoms with Gasteiger partial charge in [-0.1, -0.05) is 0 Å². The van der Waals surface area contributed by atoms with E-state index in [0.717, 1.165) is 11.2 Å². The van der Waals surface area contributed by atoms with Crippen molar-refractivity contribution in [2.45, 2.75) is 44.9 Å². The summed E-state index contributed by atoms with van der Waals surface area (Å²) in [5.41, 5.74) is 2.87. The molecule has 1 aromatic carbocycles. The fourth-order valence-corrected chi connectivity index (χ4v) is 6.45. The van der Waals surface area contributed by atoms with Crippen LogP contribution < -0.4 is 0 Å². The molecule has 0 aliphatic rings. The van der Waals surface area contributed by atoms with Gasteiger partial charge in [0.2, 0.25) is 0 Å². The molecule has 0 aliphatic carbocycles. The van der Waals surface area contributed by atoms with E-state index in [-0.39, 0.29) is 0 Å². The Morgan fingerprint density at radius 2 is 2.00 bits per heavy atom. The molecule has 0 spiro atoms. The zero-order valence-corrected chi connectivity index (χ0v) is 15.4. The van der Waals surface area contributed by atoms with E-state index < -0.39 is 0 Å². The number of rotatable bonds is 9. The molecule has 0 aliphatic heterocycles. The monoisotopic (exact) mass is 354 g/mol. The average molecular weight is 353 g/mol. The molecule has 0 saturated carbocycles. The normalized spacial score (nSPS) is 12.4. The van der Waals surface area contributed by atoms with Crippen LogP contribution in [0.25, 0.3) is 5.57 Å². The van der Waals surface area contributed by atoms with Crippen molar-refractivity contribution in [3.8, 4) is 0 Å². The van der Waals surface area contributed by atoms with Crippen molar-refractivity contribution >= 4 is 32.3 Å². The van der Waals surface area contributed by atoms with Crippen molar-refractivity contribution in [1.29, 1.82) is 0 Å². The summed E-state index contributed by atoms with van der Waals surface area (Å²) >= 11 is 2.64. The Balaban J connectivity index is 3.05. The molecule has 1 rings (SSSR count). The van der Waals surface area contributed by atoms with E-state index in [4.69, 9.17) is 0 Å². The van der Waals surface area contributed by atoms with E-state index in [1.165, 1.54) is 29.7 Å². The first-order chi connectivity index (χ1) is 9.69. The predicted molar refractivity (Wildman–Crippen MR) is 96.4 cm³/mol. The maximum atomic E-state index is 3.95. The zero-order valence-electron chi connectivity index (χ0n) is 12.9. The summed E-state index contributed by atoms with van der Waals surface area (Å²) in [6, 6.07) is 10.8. The Morgan fingerprint density at radius 1 is 1.30 bits per heavy atom. The SMILES string of the molecule is C=CC/C(=C(\SCCCC)[Se]C(C)C)c1ccccc1. The molecule has 0 amide bonds. The van der Waals surface area contributed by atoms with Crippen LogP contribution in [0, 0.1) is 0 Å². The second kappa shape index (κ2) is 10.3. The molecule has 0 aromatic heterocycles. The first-order valence-corrected chi connectivity index (χ1v) is 10.2. The van der Waals surface area contributed by atoms with Crippen molar-refractivity contribution in [2.24, 2.45) is 0 Å². The van der Waals surface area contributed by atoms with Gasteiger partial charge in [-0.05, 0) is 0 Å². The summed E-state index contributed by atoms with van der Waals surface area (Å²) in [5, 5.41) is 0. The van der Waals surface area contributed by atoms with E-state index in [9.17, 15) is 0 Å². The third kappa shape index (κ3) is 6.35. The van der Waals surface area contributed by atoms with Crippen molar-refractivity contribution in [1.82, 2.24) is 0 Å². The second-order valence-corrected chi connectivity index (χ2v) is 10.0. The molecule has 0 N–H and O–H groups in total. The van der Waals surface area contributed by atoms with E-state index in [2.05, 4.69) is 69.4 Å². The van der Waals surface area contributed by atoms with E-state index in [1.54, 1.807) is 3.80 Å². The van der Waals surface area contributed by atoms with Crippen LogP contribution in [0.3, 0.4) is 0 Å². The molecule has 0 bridgehead atoms. The van der Waals surface area contributed by atoms with E-state index in [1.807, 2.05) is 6.08 Å². The molecular weight excluding hydrogens is 327 g/mol. The van der Waals surface area contributed by atoms with Crippen LogP contribution in [0.1, 0.15) is 45.6 Å². The van der Waals surface area contributed by atoms with Crippen LogP contribution in [0.2, 0.25) is 4.82 Å². The van der Waals surface area contributed by atoms with Gasteiger partial charge in [0.25, 0.3) is 0 Å². The van der Waals surface area contributed by atoms with Crippen LogP contribution in [0.4, 0.5) is 0 Å². The molecule has 0 saturated heterocycles. The quantitative estimate of drug-likeness (QED) is 0.298. The summed E-state index contributed by atoms with van der Waals surface area (Å²) in [6.07, 6.45) is 5.60. The molecule has 20 heavy (non-hydrogen) atoms. The van der Waals surface area contributed by atoms with Gasteiger partial charge < -0.3 is 0 Å². The molecular formula is C18H26SSe. The fourth-order valence-electron chi connectivity index (χ4n) is 1.82. The van der Waals surface area contributed by atoms with E-state index in [0.29, 0.717) is 15.0 Å². The van der Waals surface area contributed by atoms with Gasteiger partial charge in [-0.3, -0.25) is 0 Å². The van der Waals surface area contributed by atoms with Gasteiger partial charge in [0.1, 0.15) is 0 Å². The van der Waals surface area contributed by atoms with Gasteiger partial charge in [-0.15, -0.1) is 0 Å². The summed E-state index contributed by atoms with van der Waals surface area (Å²) in [4.78, 5) is 0.759. The van der Waals surface area contributed by atoms with Gasteiger partial charge in [0.05, 0.1) is 0 Å². The third-order valence-corrected chi connectivity index (χ3v) is 6.99. The Bertz CT molecular complexity index is 420. The van der Waals surface area contributed by atoms with Crippen molar-refractivity contribution in [2.75, 3.05) is 5.75 Å². The summed E-state index contributed by atoms with van der Waals surface area (Å²) in [6.45, 7) is 10.9. The summed E-state index contributed by atoms with van der Waals surface area (Å²) in [7, 11) is 0. The molecule has 0 unspecified atom stereocenters. The second-order valence-electron chi connectivity index (χ2n) is 4.99. The van der Waals surface area contributed by atoms with E-state index >= 15 is 0 Å². The van der Waals surface area contributed by atoms with Crippen LogP contribution in [0.5, 0.6) is 0 Å². The Hall–Kier alpha value is -0.431. The first kappa shape index (κ1) is 17.6. The van der Waals surface area contributed by atoms with Crippen molar-refractivity contribution in [3.63, 3.8) is 0 Å². The Morgan fingerprint density at radius 3 is 2.55 bits per heavy atom. The van der Waals surface area contributed by atoms with Crippen LogP contribution in [0.15, 0.2) is 46.8 Å². The molecule has 2 heteroatoms. The van der Waals surface area contributed by atoms with Gasteiger partial charge in [-0.25, -0.2) is 0 Å². The zero-order chi connectivity index (χ0) is 14.8. The molecule has 0 fully saturated rings. The topological polar surface area (TPSA) is 0 Å². The third-order valence-electron chi connectivity index (χ3n) is 2.79. The van der Waals surface area contributed by atoms with Crippen molar-refractivity contribution < 1.29 is 0 Å². The minimum absolute atomic E-state index is 0.562. The maximum absolute atomic E-state index is 3.95. The number of benzene rings is 1. The molecule has 1 aromatic rings. The number of hydrogen-bond donors (Lipinski definition) is 0. The average Bonchev–Trinajstić information content (AvgIpc) is 2.44. The van der Waals surface area contributed by atoms with Gasteiger partial charge in [0.15, 0.2) is 0 Å². The molecule has 0 heterocycles. The molecule has 110 valence electrons. The van der Waals surface area contributed by atoms with Crippen molar-refractivity contribution in [3.05, 3.63) is 52.4 Å². The molecule has 0 radical (unpaired) electrons. The van der Waals surface area contributed by atoms with Crippen LogP contribution in [-0.2, 0) is 0 Å². The molecule has 0 nitrogen and oxygen atoms in total. The van der Waals surface area contributed by atoms with Gasteiger partial charge in [-0.2, -0.15) is 0 Å². The van der Waals surface area contributed by atoms with Crippen LogP contribution in [-0.4, -0.2) is 20.7 Å². The number of hydrogen-bond acceptors (Lipinski definition) is 1. The fraction of sp³-hybridized carbons (Fsp3) is 0.444. The van der Waals surface area contributed by atoms with Gasteiger partial charge in [0, 0.05) is 0 Å². The van der Waals surface area contributed by atoms with Crippen LogP contribution >= 0.6 is 11.8 Å². The summed E-state index contributed by atoms with van der Waals surface area (Å²) in [5.74, 6) is 1.24. The number of thioether (sulfide) groups is 1. The molecule has 0 atom stereocenters. The first-order valence-electron chi connectivity index (χ1n) is 7.38. The predicted octanol–water partition coefficient (Wildman–Crippen LogP) is 6.00. The standard InChI is InChI=1S/C18H26SSe/c1-5-7-14-19-18(20-15(3)4)17(11-6-2)16-12-9-8-10-13-16/h6,8-10,12-13,15H,2,5,7,11,14H2,1,3-4H3/b18-17-. The number of allylic oxidation sites excluding steroid dienone is 2. The number of unbranched alkanes of at least 4 members (excludes halogenated alkanes) is 1. The minimum atomic E-state index is 0.562. The Kier molecular flexibility index (Phi) is 9.09. The van der Waals surface area contributed by atoms with Gasteiger partial charge >= 0.3 is 135 Å². The Labute approximate surface area is 135 Å². The summed E-state index contributed by atoms with van der Waals surface area (Å²) < 4.78 is 1.62.